The highest BCUT2D eigenvalue weighted by Gasteiger charge is 2.20. The Morgan fingerprint density at radius 1 is 1.08 bits per heavy atom. The Bertz CT molecular complexity index is 1510. The molecule has 0 aromatic carbocycles. The lowest BCUT2D eigenvalue weighted by Gasteiger charge is -2.16. The first kappa shape index (κ1) is 27.2. The van der Waals surface area contributed by atoms with E-state index in [0.29, 0.717) is 34.2 Å². The number of amides is 2. The fourth-order valence-electron chi connectivity index (χ4n) is 3.68. The zero-order valence-corrected chi connectivity index (χ0v) is 23.2. The summed E-state index contributed by atoms with van der Waals surface area (Å²) in [6, 6.07) is 3.34. The number of H-pyrrole nitrogens is 5. The van der Waals surface area contributed by atoms with E-state index < -0.39 is 11.8 Å². The summed E-state index contributed by atoms with van der Waals surface area (Å²) in [5.41, 5.74) is 8.24. The van der Waals surface area contributed by atoms with Crippen LogP contribution < -0.4 is 22.1 Å². The summed E-state index contributed by atoms with van der Waals surface area (Å²) in [5, 5.41) is 5.58. The SMILES string of the molecule is COC(CNC(=O)c1cc(Br)c[nH]1)Cc1[nH]c(=O)[nH]c1-c1nc(N)[nH]c1/C=C/CNC(=O)c1cc(Br)c[nH]1. The molecule has 4 aromatic heterocycles. The molecule has 0 fully saturated rings. The van der Waals surface area contributed by atoms with Gasteiger partial charge in [0.2, 0.25) is 0 Å². The second-order valence-electron chi connectivity index (χ2n) is 8.16. The van der Waals surface area contributed by atoms with E-state index in [2.05, 4.69) is 72.4 Å². The van der Waals surface area contributed by atoms with Crippen molar-refractivity contribution in [2.75, 3.05) is 25.9 Å². The molecule has 0 saturated heterocycles. The molecule has 38 heavy (non-hydrogen) atoms. The predicted molar refractivity (Wildman–Crippen MR) is 149 cm³/mol. The van der Waals surface area contributed by atoms with E-state index in [4.69, 9.17) is 10.5 Å². The van der Waals surface area contributed by atoms with Gasteiger partial charge < -0.3 is 46.0 Å². The Morgan fingerprint density at radius 2 is 1.74 bits per heavy atom. The van der Waals surface area contributed by atoms with Gasteiger partial charge in [-0.3, -0.25) is 9.59 Å². The number of nitrogen functional groups attached to an aromatic ring is 1. The van der Waals surface area contributed by atoms with E-state index in [9.17, 15) is 14.4 Å². The largest absolute Gasteiger partial charge is 0.379 e. The number of methoxy groups -OCH3 is 1. The number of hydrogen-bond acceptors (Lipinski definition) is 6. The lowest BCUT2D eigenvalue weighted by atomic mass is 10.1. The summed E-state index contributed by atoms with van der Waals surface area (Å²) < 4.78 is 7.08. The number of carbonyl (C=O) groups is 2. The predicted octanol–water partition coefficient (Wildman–Crippen LogP) is 2.29. The van der Waals surface area contributed by atoms with E-state index in [1.165, 1.54) is 7.11 Å². The number of aromatic nitrogens is 6. The van der Waals surface area contributed by atoms with Gasteiger partial charge in [-0.15, -0.1) is 0 Å². The van der Waals surface area contributed by atoms with Gasteiger partial charge in [0.25, 0.3) is 11.8 Å². The van der Waals surface area contributed by atoms with Gasteiger partial charge in [-0.05, 0) is 50.1 Å². The summed E-state index contributed by atoms with van der Waals surface area (Å²) in [6.07, 6.45) is 6.60. The van der Waals surface area contributed by atoms with E-state index in [0.717, 1.165) is 8.95 Å². The quantitative estimate of drug-likeness (QED) is 0.122. The molecule has 1 unspecified atom stereocenters. The van der Waals surface area contributed by atoms with Gasteiger partial charge in [-0.1, -0.05) is 6.08 Å². The molecule has 0 spiro atoms. The highest BCUT2D eigenvalue weighted by Crippen LogP contribution is 2.25. The number of halogens is 2. The van der Waals surface area contributed by atoms with Crippen molar-refractivity contribution < 1.29 is 14.3 Å². The zero-order valence-electron chi connectivity index (χ0n) is 20.1. The molecule has 0 aliphatic heterocycles. The van der Waals surface area contributed by atoms with Crippen LogP contribution in [0.15, 0.2) is 44.3 Å². The van der Waals surface area contributed by atoms with Gasteiger partial charge in [0, 0.05) is 53.7 Å². The molecule has 4 rings (SSSR count). The van der Waals surface area contributed by atoms with Crippen LogP contribution in [0.4, 0.5) is 5.95 Å². The normalized spacial score (nSPS) is 12.2. The van der Waals surface area contributed by atoms with Crippen LogP contribution in [-0.4, -0.2) is 68.0 Å². The number of nitrogens with zero attached hydrogens (tertiary/aromatic N) is 1. The maximum Gasteiger partial charge on any atom is 0.323 e. The summed E-state index contributed by atoms with van der Waals surface area (Å²) >= 11 is 6.59. The first-order valence-corrected chi connectivity index (χ1v) is 12.9. The molecule has 2 amide bonds. The minimum atomic E-state index is -0.443. The second-order valence-corrected chi connectivity index (χ2v) is 10.00. The van der Waals surface area contributed by atoms with Gasteiger partial charge in [-0.2, -0.15) is 0 Å². The maximum atomic E-state index is 12.4. The van der Waals surface area contributed by atoms with Crippen molar-refractivity contribution in [2.24, 2.45) is 0 Å². The molecule has 0 aliphatic rings. The molecule has 4 aromatic rings. The highest BCUT2D eigenvalue weighted by atomic mass is 79.9. The van der Waals surface area contributed by atoms with Crippen LogP contribution in [0, 0.1) is 0 Å². The number of anilines is 1. The monoisotopic (exact) mass is 649 g/mol. The van der Waals surface area contributed by atoms with Crippen molar-refractivity contribution in [3.8, 4) is 11.4 Å². The first-order valence-electron chi connectivity index (χ1n) is 11.3. The molecule has 0 bridgehead atoms. The number of nitrogens with one attached hydrogen (secondary N) is 7. The lowest BCUT2D eigenvalue weighted by molar-refractivity contribution is 0.0822. The minimum Gasteiger partial charge on any atom is -0.379 e. The molecule has 9 N–H and O–H groups in total. The molecule has 1 atom stereocenters. The summed E-state index contributed by atoms with van der Waals surface area (Å²) in [5.74, 6) is -0.395. The Balaban J connectivity index is 1.44. The highest BCUT2D eigenvalue weighted by molar-refractivity contribution is 9.10. The van der Waals surface area contributed by atoms with Gasteiger partial charge >= 0.3 is 5.69 Å². The van der Waals surface area contributed by atoms with Gasteiger partial charge in [0.1, 0.15) is 17.1 Å². The van der Waals surface area contributed by atoms with Crippen LogP contribution >= 0.6 is 31.9 Å². The van der Waals surface area contributed by atoms with Crippen molar-refractivity contribution in [2.45, 2.75) is 12.5 Å². The third kappa shape index (κ3) is 6.73. The lowest BCUT2D eigenvalue weighted by Crippen LogP contribution is -2.34. The Hall–Kier alpha value is -3.82. The molecule has 0 saturated carbocycles. The Labute approximate surface area is 232 Å². The van der Waals surface area contributed by atoms with E-state index in [1.807, 2.05) is 0 Å². The fraction of sp³-hybridized carbons (Fsp3) is 0.217. The standard InChI is InChI=1S/C23H25Br2N9O4/c1-38-13(10-30-21(36)17-6-12(25)9-29-17)7-15-19(34-23(37)32-15)18-14(31-22(26)33-18)3-2-4-27-20(35)16-5-11(24)8-28-16/h2-3,5-6,8-9,13,28-29H,4,7,10H2,1H3,(H,27,35)(H,30,36)(H3,26,31,33)(H2,32,34,37)/b3-2+. The molecular weight excluding hydrogens is 626 g/mol. The second kappa shape index (κ2) is 12.1. The van der Waals surface area contributed by atoms with E-state index in [-0.39, 0.29) is 37.3 Å². The van der Waals surface area contributed by atoms with Crippen molar-refractivity contribution in [1.29, 1.82) is 0 Å². The number of carbonyl (C=O) groups excluding carboxylic acids is 2. The summed E-state index contributed by atoms with van der Waals surface area (Å²) in [6.45, 7) is 0.443. The van der Waals surface area contributed by atoms with Gasteiger partial charge in [-0.25, -0.2) is 9.78 Å². The summed E-state index contributed by atoms with van der Waals surface area (Å²) in [7, 11) is 1.52. The van der Waals surface area contributed by atoms with Crippen LogP contribution in [0.1, 0.15) is 32.4 Å². The number of imidazole rings is 2. The number of aromatic amines is 5. The number of nitrogens with two attached hydrogens (primary N) is 1. The number of rotatable bonds is 11. The van der Waals surface area contributed by atoms with Crippen molar-refractivity contribution in [1.82, 2.24) is 40.5 Å². The van der Waals surface area contributed by atoms with Crippen LogP contribution in [0.25, 0.3) is 17.5 Å². The average molecular weight is 651 g/mol. The molecule has 4 heterocycles. The molecule has 0 aliphatic carbocycles. The van der Waals surface area contributed by atoms with Crippen molar-refractivity contribution in [3.63, 3.8) is 0 Å². The van der Waals surface area contributed by atoms with Crippen molar-refractivity contribution in [3.05, 3.63) is 72.8 Å². The number of ether oxygens (including phenoxy) is 1. The van der Waals surface area contributed by atoms with E-state index in [1.54, 1.807) is 36.7 Å². The molecule has 200 valence electrons. The van der Waals surface area contributed by atoms with Crippen LogP contribution in [0.3, 0.4) is 0 Å². The third-order valence-corrected chi connectivity index (χ3v) is 6.41. The van der Waals surface area contributed by atoms with Crippen LogP contribution in [-0.2, 0) is 11.2 Å². The maximum absolute atomic E-state index is 12.4. The van der Waals surface area contributed by atoms with Gasteiger partial charge in [0.15, 0.2) is 5.95 Å². The topological polar surface area (TPSA) is 202 Å². The molecular formula is C23H25Br2N9O4. The number of hydrogen-bond donors (Lipinski definition) is 8. The van der Waals surface area contributed by atoms with Crippen molar-refractivity contribution >= 4 is 55.7 Å². The Morgan fingerprint density at radius 3 is 2.34 bits per heavy atom. The van der Waals surface area contributed by atoms with Gasteiger partial charge in [0.05, 0.1) is 17.5 Å². The Kier molecular flexibility index (Phi) is 8.70. The van der Waals surface area contributed by atoms with E-state index >= 15 is 0 Å². The fourth-order valence-corrected chi connectivity index (χ4v) is 4.37. The average Bonchev–Trinajstić information content (AvgIpc) is 3.67. The molecule has 13 nitrogen and oxygen atoms in total. The third-order valence-electron chi connectivity index (χ3n) is 5.50. The van der Waals surface area contributed by atoms with Crippen LogP contribution in [0.2, 0.25) is 0 Å². The zero-order chi connectivity index (χ0) is 27.2. The van der Waals surface area contributed by atoms with Crippen LogP contribution in [0.5, 0.6) is 0 Å². The first-order chi connectivity index (χ1) is 18.2. The molecule has 0 radical (unpaired) electrons. The smallest absolute Gasteiger partial charge is 0.323 e. The summed E-state index contributed by atoms with van der Waals surface area (Å²) in [4.78, 5) is 55.3. The minimum absolute atomic E-state index is 0.153. The molecule has 15 heteroatoms.